The van der Waals surface area contributed by atoms with Crippen LogP contribution in [0.1, 0.15) is 58.6 Å². The summed E-state index contributed by atoms with van der Waals surface area (Å²) in [5.41, 5.74) is 17.3. The van der Waals surface area contributed by atoms with Crippen LogP contribution in [-0.2, 0) is 16.8 Å². The quantitative estimate of drug-likeness (QED) is 0.170. The molecule has 0 saturated heterocycles. The van der Waals surface area contributed by atoms with Crippen molar-refractivity contribution < 1.29 is 16.8 Å². The van der Waals surface area contributed by atoms with Crippen molar-refractivity contribution in [1.29, 1.82) is 0 Å². The maximum atomic E-state index is 5.02. The molecule has 0 unspecified atom stereocenters. The van der Waals surface area contributed by atoms with Gasteiger partial charge in [0.1, 0.15) is 0 Å². The fraction of sp³-hybridized carbons (Fsp3) is 0.178. The van der Waals surface area contributed by atoms with E-state index < -0.39 is 7.92 Å². The predicted molar refractivity (Wildman–Crippen MR) is 215 cm³/mol. The molecule has 256 valence electrons. The molecule has 0 radical (unpaired) electrons. The van der Waals surface area contributed by atoms with Gasteiger partial charge in [-0.3, -0.25) is 0 Å². The van der Waals surface area contributed by atoms with Gasteiger partial charge in [0, 0.05) is 0 Å². The normalized spacial score (nSPS) is 11.9. The van der Waals surface area contributed by atoms with E-state index in [1.807, 2.05) is 0 Å². The van der Waals surface area contributed by atoms with Crippen LogP contribution in [0, 0.1) is 41.5 Å². The first kappa shape index (κ1) is 36.1. The molecule has 6 heteroatoms. The van der Waals surface area contributed by atoms with Crippen LogP contribution in [0.5, 0.6) is 0 Å². The second-order valence-corrected chi connectivity index (χ2v) is 15.5. The summed E-state index contributed by atoms with van der Waals surface area (Å²) in [6.07, 6.45) is 0. The van der Waals surface area contributed by atoms with Crippen molar-refractivity contribution in [3.63, 3.8) is 0 Å². The summed E-state index contributed by atoms with van der Waals surface area (Å²) in [6, 6.07) is 38.7. The maximum absolute atomic E-state index is 5.02. The van der Waals surface area contributed by atoms with Gasteiger partial charge in [-0.1, -0.05) is 143 Å². The second kappa shape index (κ2) is 14.9. The summed E-state index contributed by atoms with van der Waals surface area (Å²) in [7, 11) is -0.446. The van der Waals surface area contributed by atoms with E-state index in [2.05, 4.69) is 165 Å². The van der Waals surface area contributed by atoms with Gasteiger partial charge in [0.15, 0.2) is 0 Å². The summed E-state index contributed by atoms with van der Waals surface area (Å²) in [4.78, 5) is 20.0. The Morgan fingerprint density at radius 3 is 1.10 bits per heavy atom. The molecule has 1 aliphatic heterocycles. The summed E-state index contributed by atoms with van der Waals surface area (Å²) in [5.74, 6) is 0. The monoisotopic (exact) mass is 728 g/mol. The fourth-order valence-corrected chi connectivity index (χ4v) is 8.86. The molecule has 0 amide bonds. The largest absolute Gasteiger partial charge is 3.00 e. The number of rotatable bonds is 3. The van der Waals surface area contributed by atoms with Gasteiger partial charge in [-0.05, 0) is 90.4 Å². The van der Waals surface area contributed by atoms with E-state index in [1.165, 1.54) is 60.4 Å². The maximum Gasteiger partial charge on any atom is 3.00 e. The number of aryl methyl sites for hydroxylation is 6. The first-order valence-electron chi connectivity index (χ1n) is 17.2. The van der Waals surface area contributed by atoms with Crippen molar-refractivity contribution in [3.05, 3.63) is 154 Å². The van der Waals surface area contributed by atoms with E-state index in [9.17, 15) is 0 Å². The number of nitrogens with zero attached hydrogens (tertiary/aromatic N) is 4. The van der Waals surface area contributed by atoms with Crippen molar-refractivity contribution in [3.8, 4) is 0 Å². The Kier molecular flexibility index (Phi) is 10.6. The van der Waals surface area contributed by atoms with Crippen LogP contribution < -0.4 is 30.9 Å². The molecule has 0 N–H and O–H groups in total. The smallest absolute Gasteiger partial charge is 0.658 e. The van der Waals surface area contributed by atoms with E-state index in [1.54, 1.807) is 0 Å². The minimum atomic E-state index is -0.446. The van der Waals surface area contributed by atoms with E-state index in [0.717, 1.165) is 44.5 Å². The zero-order valence-corrected chi connectivity index (χ0v) is 32.4. The van der Waals surface area contributed by atoms with Crippen LogP contribution >= 0.6 is 7.92 Å². The van der Waals surface area contributed by atoms with Crippen LogP contribution in [0.15, 0.2) is 109 Å². The fourth-order valence-electron chi connectivity index (χ4n) is 6.55. The summed E-state index contributed by atoms with van der Waals surface area (Å²) in [6.45, 7) is 17.1. The van der Waals surface area contributed by atoms with E-state index in [-0.39, 0.29) is 16.8 Å². The van der Waals surface area contributed by atoms with E-state index >= 15 is 0 Å². The molecule has 8 bridgehead atoms. The van der Waals surface area contributed by atoms with Crippen molar-refractivity contribution >= 4 is 68.1 Å². The zero-order valence-electron chi connectivity index (χ0n) is 30.5. The molecule has 5 heterocycles. The minimum absolute atomic E-state index is 0. The van der Waals surface area contributed by atoms with Crippen molar-refractivity contribution in [1.82, 2.24) is 19.9 Å². The first-order chi connectivity index (χ1) is 24.1. The Hall–Kier alpha value is -4.67. The summed E-state index contributed by atoms with van der Waals surface area (Å²) < 4.78 is 0. The molecule has 0 fully saturated rings. The van der Waals surface area contributed by atoms with Crippen LogP contribution in [0.4, 0.5) is 0 Å². The molecule has 4 nitrogen and oxygen atoms in total. The third-order valence-corrected chi connectivity index (χ3v) is 12.7. The third kappa shape index (κ3) is 6.87. The van der Waals surface area contributed by atoms with Crippen LogP contribution in [-0.4, -0.2) is 4.98 Å². The first-order valence-corrected chi connectivity index (χ1v) is 18.5. The van der Waals surface area contributed by atoms with Crippen LogP contribution in [0.25, 0.3) is 44.2 Å². The molecule has 0 atom stereocenters. The SMILES string of the molecule is CC1=C(C)c2cc3[n-]c(c(C)c3C)c3[n-]c(cc4[n-]c(cc1n2)c(C)c4C)c(C)c3C.[Co+3].c1ccc(P(c2ccccc2)c2ccccc2)cc1. The number of fused-ring (bicyclic) bond motifs is 9. The Morgan fingerprint density at radius 1 is 0.392 bits per heavy atom. The average molecular weight is 729 g/mol. The molecular weight excluding hydrogens is 686 g/mol. The standard InChI is InChI=1S/C27H27N4.C18H15P.Co/c1-12-14(3)22-10-24-16(5)18(7)26(30-24)27-19(8)17(6)25(31-27)11-23-15(4)13(2)21(29-23)9-20(12)28-22;1-4-10-16(11-5-1)19(17-12-6-2-7-13-17)18-14-8-3-9-15-18;/h9-11H,1-8H3;1-15H;/q-3;;+3. The third-order valence-electron chi connectivity index (χ3n) is 10.3. The molecule has 51 heavy (non-hydrogen) atoms. The van der Waals surface area contributed by atoms with E-state index in [0.29, 0.717) is 0 Å². The number of hydrogen-bond donors (Lipinski definition) is 0. The second-order valence-electron chi connectivity index (χ2n) is 13.2. The number of hydrogen-bond acceptors (Lipinski definition) is 1. The minimum Gasteiger partial charge on any atom is -0.658 e. The zero-order chi connectivity index (χ0) is 35.1. The molecule has 1 aliphatic rings. The molecule has 8 rings (SSSR count). The van der Waals surface area contributed by atoms with Crippen LogP contribution in [0.3, 0.4) is 0 Å². The van der Waals surface area contributed by atoms with Gasteiger partial charge in [-0.2, -0.15) is 0 Å². The molecule has 3 aromatic carbocycles. The van der Waals surface area contributed by atoms with Crippen LogP contribution in [0.2, 0.25) is 0 Å². The summed E-state index contributed by atoms with van der Waals surface area (Å²) in [5, 5.41) is 4.19. The van der Waals surface area contributed by atoms with Gasteiger partial charge >= 0.3 is 16.8 Å². The Bertz CT molecular complexity index is 2410. The molecule has 7 aromatic rings. The molecule has 0 spiro atoms. The topological polar surface area (TPSA) is 55.2 Å². The van der Waals surface area contributed by atoms with Gasteiger partial charge in [0.05, 0.1) is 11.4 Å². The van der Waals surface area contributed by atoms with Gasteiger partial charge < -0.3 is 15.0 Å². The number of benzene rings is 3. The van der Waals surface area contributed by atoms with Gasteiger partial charge in [-0.15, -0.1) is 33.1 Å². The van der Waals surface area contributed by atoms with Crippen molar-refractivity contribution in [2.24, 2.45) is 0 Å². The Labute approximate surface area is 312 Å². The molecular formula is C45H42CoN4P. The van der Waals surface area contributed by atoms with Gasteiger partial charge in [0.2, 0.25) is 0 Å². The molecule has 4 aromatic heterocycles. The van der Waals surface area contributed by atoms with Gasteiger partial charge in [-0.25, -0.2) is 4.98 Å². The molecule has 0 saturated carbocycles. The number of aromatic nitrogens is 4. The Balaban J connectivity index is 0.000000192. The summed E-state index contributed by atoms with van der Waals surface area (Å²) >= 11 is 0. The predicted octanol–water partition coefficient (Wildman–Crippen LogP) is 9.66. The van der Waals surface area contributed by atoms with Crippen molar-refractivity contribution in [2.75, 3.05) is 0 Å². The van der Waals surface area contributed by atoms with E-state index in [4.69, 9.17) is 19.9 Å². The average Bonchev–Trinajstić information content (AvgIpc) is 3.77. The molecule has 0 aliphatic carbocycles. The Morgan fingerprint density at radius 2 is 0.706 bits per heavy atom. The van der Waals surface area contributed by atoms with Gasteiger partial charge in [0.25, 0.3) is 0 Å². The van der Waals surface area contributed by atoms with Crippen molar-refractivity contribution in [2.45, 2.75) is 55.4 Å². The number of allylic oxidation sites excluding steroid dienone is 2.